The highest BCUT2D eigenvalue weighted by Gasteiger charge is 2.21. The van der Waals surface area contributed by atoms with Crippen molar-refractivity contribution in [2.75, 3.05) is 24.3 Å². The third-order valence-electron chi connectivity index (χ3n) is 6.38. The lowest BCUT2D eigenvalue weighted by Crippen LogP contribution is -2.22. The van der Waals surface area contributed by atoms with Crippen molar-refractivity contribution in [2.24, 2.45) is 0 Å². The lowest BCUT2D eigenvalue weighted by molar-refractivity contribution is -0.115. The van der Waals surface area contributed by atoms with E-state index in [0.717, 1.165) is 34.0 Å². The number of nitrogens with one attached hydrogen (secondary N) is 3. The number of amides is 1. The number of aromatic amines is 1. The van der Waals surface area contributed by atoms with Crippen LogP contribution in [0.25, 0.3) is 22.5 Å². The molecule has 5 aromatic rings. The Balaban J connectivity index is 1.30. The van der Waals surface area contributed by atoms with E-state index < -0.39 is 15.3 Å². The number of benzene rings is 3. The van der Waals surface area contributed by atoms with Gasteiger partial charge in [0.1, 0.15) is 17.3 Å². The van der Waals surface area contributed by atoms with E-state index in [-0.39, 0.29) is 16.6 Å². The molecule has 0 saturated heterocycles. The Bertz CT molecular complexity index is 1750. The quantitative estimate of drug-likeness (QED) is 0.152. The number of methoxy groups -OCH3 is 2. The Morgan fingerprint density at radius 2 is 1.53 bits per heavy atom. The summed E-state index contributed by atoms with van der Waals surface area (Å²) >= 11 is 1.27. The maximum atomic E-state index is 13.1. The van der Waals surface area contributed by atoms with Crippen molar-refractivity contribution >= 4 is 39.2 Å². The second-order valence-corrected chi connectivity index (χ2v) is 12.4. The largest absolute Gasteiger partial charge is 0.497 e. The number of sulfonamides is 1. The van der Waals surface area contributed by atoms with Crippen molar-refractivity contribution in [3.8, 4) is 34.0 Å². The number of thioether (sulfide) groups is 1. The molecule has 0 fully saturated rings. The Kier molecular flexibility index (Phi) is 8.73. The molecule has 3 aromatic carbocycles. The summed E-state index contributed by atoms with van der Waals surface area (Å²) in [7, 11) is -0.645. The Hall–Kier alpha value is -4.75. The molecule has 0 bridgehead atoms. The number of carbonyl (C=O) groups is 1. The fourth-order valence-electron chi connectivity index (χ4n) is 4.13. The Morgan fingerprint density at radius 3 is 2.09 bits per heavy atom. The molecular weight excluding hydrogens is 590 g/mol. The topological polar surface area (TPSA) is 148 Å². The number of rotatable bonds is 11. The number of aromatic nitrogens is 3. The van der Waals surface area contributed by atoms with E-state index in [1.54, 1.807) is 28.1 Å². The minimum Gasteiger partial charge on any atom is -0.497 e. The Morgan fingerprint density at radius 1 is 0.930 bits per heavy atom. The number of hydrogen-bond acceptors (Lipinski definition) is 9. The van der Waals surface area contributed by atoms with Gasteiger partial charge in [-0.3, -0.25) is 9.52 Å². The van der Waals surface area contributed by atoms with Crippen molar-refractivity contribution in [2.45, 2.75) is 29.1 Å². The van der Waals surface area contributed by atoms with Gasteiger partial charge in [0, 0.05) is 22.9 Å². The molecule has 13 heteroatoms. The number of ether oxygens (including phenoxy) is 2. The van der Waals surface area contributed by atoms with E-state index in [2.05, 4.69) is 20.2 Å². The standard InChI is InChI=1S/C30H29N5O6S2/c1-18-17-26(34-41-18)35-43(37,38)25-15-9-22(10-16-25)31-29(36)19(2)42-30-32-27(20-5-11-23(39-3)12-6-20)28(33-30)21-7-13-24(40-4)14-8-21/h5-17,19H,1-4H3,(H,31,36)(H,32,33)(H,34,35). The molecule has 43 heavy (non-hydrogen) atoms. The zero-order chi connectivity index (χ0) is 30.6. The second-order valence-electron chi connectivity index (χ2n) is 9.42. The predicted octanol–water partition coefficient (Wildman–Crippen LogP) is 5.98. The molecule has 0 radical (unpaired) electrons. The molecule has 0 saturated carbocycles. The first-order chi connectivity index (χ1) is 20.6. The van der Waals surface area contributed by atoms with E-state index >= 15 is 0 Å². The second kappa shape index (κ2) is 12.6. The summed E-state index contributed by atoms with van der Waals surface area (Å²) in [6, 6.07) is 22.5. The van der Waals surface area contributed by atoms with Crippen LogP contribution in [0, 0.1) is 6.92 Å². The minimum absolute atomic E-state index is 0.0151. The third-order valence-corrected chi connectivity index (χ3v) is 8.74. The van der Waals surface area contributed by atoms with Gasteiger partial charge in [-0.05, 0) is 86.6 Å². The average Bonchev–Trinajstić information content (AvgIpc) is 3.62. The first-order valence-corrected chi connectivity index (χ1v) is 15.4. The Labute approximate surface area is 253 Å². The lowest BCUT2D eigenvalue weighted by atomic mass is 10.0. The normalized spacial score (nSPS) is 12.0. The van der Waals surface area contributed by atoms with Crippen LogP contribution in [-0.4, -0.2) is 48.9 Å². The molecule has 2 aromatic heterocycles. The highest BCUT2D eigenvalue weighted by Crippen LogP contribution is 2.35. The van der Waals surface area contributed by atoms with Crippen LogP contribution in [0.15, 0.2) is 93.4 Å². The van der Waals surface area contributed by atoms with Crippen LogP contribution in [0.3, 0.4) is 0 Å². The van der Waals surface area contributed by atoms with Crippen molar-refractivity contribution in [1.82, 2.24) is 15.1 Å². The van der Waals surface area contributed by atoms with Crippen LogP contribution >= 0.6 is 11.8 Å². The highest BCUT2D eigenvalue weighted by molar-refractivity contribution is 8.00. The smallest absolute Gasteiger partial charge is 0.263 e. The van der Waals surface area contributed by atoms with E-state index in [1.165, 1.54) is 42.1 Å². The van der Waals surface area contributed by atoms with Gasteiger partial charge in [-0.2, -0.15) is 0 Å². The van der Waals surface area contributed by atoms with Crippen LogP contribution in [0.4, 0.5) is 11.5 Å². The molecule has 1 atom stereocenters. The zero-order valence-corrected chi connectivity index (χ0v) is 25.4. The minimum atomic E-state index is -3.87. The van der Waals surface area contributed by atoms with Crippen molar-refractivity contribution in [3.63, 3.8) is 0 Å². The van der Waals surface area contributed by atoms with Gasteiger partial charge in [0.05, 0.1) is 35.8 Å². The monoisotopic (exact) mass is 619 g/mol. The molecule has 0 aliphatic carbocycles. The van der Waals surface area contributed by atoms with Crippen LogP contribution in [0.1, 0.15) is 12.7 Å². The van der Waals surface area contributed by atoms with Crippen molar-refractivity contribution in [3.05, 3.63) is 84.6 Å². The molecular formula is C30H29N5O6S2. The van der Waals surface area contributed by atoms with Crippen molar-refractivity contribution in [1.29, 1.82) is 0 Å². The van der Waals surface area contributed by atoms with Crippen LogP contribution in [0.5, 0.6) is 11.5 Å². The number of carbonyl (C=O) groups excluding carboxylic acids is 1. The summed E-state index contributed by atoms with van der Waals surface area (Å²) in [4.78, 5) is 21.3. The van der Waals surface area contributed by atoms with Crippen LogP contribution in [0.2, 0.25) is 0 Å². The zero-order valence-electron chi connectivity index (χ0n) is 23.7. The first-order valence-electron chi connectivity index (χ1n) is 13.1. The van der Waals surface area contributed by atoms with Crippen LogP contribution < -0.4 is 19.5 Å². The number of imidazole rings is 1. The number of anilines is 2. The van der Waals surface area contributed by atoms with E-state index in [0.29, 0.717) is 16.6 Å². The van der Waals surface area contributed by atoms with Crippen molar-refractivity contribution < 1.29 is 27.2 Å². The lowest BCUT2D eigenvalue weighted by Gasteiger charge is -2.11. The highest BCUT2D eigenvalue weighted by atomic mass is 32.2. The number of H-pyrrole nitrogens is 1. The average molecular weight is 620 g/mol. The molecule has 0 spiro atoms. The van der Waals surface area contributed by atoms with Gasteiger partial charge in [-0.1, -0.05) is 16.9 Å². The first kappa shape index (κ1) is 29.7. The number of hydrogen-bond donors (Lipinski definition) is 3. The molecule has 2 heterocycles. The van der Waals surface area contributed by atoms with E-state index in [9.17, 15) is 13.2 Å². The number of nitrogens with zero attached hydrogens (tertiary/aromatic N) is 2. The summed E-state index contributed by atoms with van der Waals surface area (Å²) in [6.45, 7) is 3.43. The van der Waals surface area contributed by atoms with Gasteiger partial charge in [-0.25, -0.2) is 13.4 Å². The molecule has 1 amide bonds. The molecule has 11 nitrogen and oxygen atoms in total. The van der Waals surface area contributed by atoms with Crippen LogP contribution in [-0.2, 0) is 14.8 Å². The fourth-order valence-corrected chi connectivity index (χ4v) is 5.91. The van der Waals surface area contributed by atoms with Gasteiger partial charge in [0.2, 0.25) is 5.91 Å². The summed E-state index contributed by atoms with van der Waals surface area (Å²) in [6.07, 6.45) is 0. The molecule has 3 N–H and O–H groups in total. The molecule has 0 aliphatic heterocycles. The molecule has 222 valence electrons. The number of aryl methyl sites for hydroxylation is 1. The maximum absolute atomic E-state index is 13.1. The van der Waals surface area contributed by atoms with Gasteiger partial charge >= 0.3 is 0 Å². The van der Waals surface area contributed by atoms with Gasteiger partial charge in [-0.15, -0.1) is 0 Å². The van der Waals surface area contributed by atoms with Gasteiger partial charge in [0.25, 0.3) is 10.0 Å². The molecule has 5 rings (SSSR count). The van der Waals surface area contributed by atoms with E-state index in [1.807, 2.05) is 48.5 Å². The summed E-state index contributed by atoms with van der Waals surface area (Å²) in [5, 5.41) is 6.52. The van der Waals surface area contributed by atoms with E-state index in [4.69, 9.17) is 19.0 Å². The fraction of sp³-hybridized carbons (Fsp3) is 0.167. The maximum Gasteiger partial charge on any atom is 0.263 e. The summed E-state index contributed by atoms with van der Waals surface area (Å²) in [5.41, 5.74) is 3.77. The predicted molar refractivity (Wildman–Crippen MR) is 165 cm³/mol. The SMILES string of the molecule is COc1ccc(-c2nc(SC(C)C(=O)Nc3ccc(S(=O)(=O)Nc4cc(C)on4)cc3)[nH]c2-c2ccc(OC)cc2)cc1. The van der Waals surface area contributed by atoms with Gasteiger partial charge in [0.15, 0.2) is 11.0 Å². The molecule has 0 aliphatic rings. The summed E-state index contributed by atoms with van der Waals surface area (Å²) < 4.78 is 43.2. The van der Waals surface area contributed by atoms with Gasteiger partial charge < -0.3 is 24.3 Å². The summed E-state index contributed by atoms with van der Waals surface area (Å²) in [5.74, 6) is 1.76. The molecule has 1 unspecified atom stereocenters. The third kappa shape index (κ3) is 7.01.